The highest BCUT2D eigenvalue weighted by Crippen LogP contribution is 2.39. The molecule has 0 saturated carbocycles. The lowest BCUT2D eigenvalue weighted by Crippen LogP contribution is -2.45. The molecule has 3 rings (SSSR count). The fourth-order valence-corrected chi connectivity index (χ4v) is 3.78. The van der Waals surface area contributed by atoms with E-state index in [4.69, 9.17) is 0 Å². The Morgan fingerprint density at radius 1 is 1.08 bits per heavy atom. The van der Waals surface area contributed by atoms with Crippen molar-refractivity contribution in [1.29, 1.82) is 0 Å². The molecule has 26 heavy (non-hydrogen) atoms. The molecule has 1 aliphatic heterocycles. The Bertz CT molecular complexity index is 681. The second-order valence-corrected chi connectivity index (χ2v) is 6.69. The minimum Gasteiger partial charge on any atom is -0.428 e. The molecule has 1 fully saturated rings. The average molecular weight is 411 g/mol. The largest absolute Gasteiger partial charge is 0.461 e. The lowest BCUT2D eigenvalue weighted by Gasteiger charge is -2.35. The van der Waals surface area contributed by atoms with E-state index in [9.17, 15) is 17.6 Å². The third-order valence-electron chi connectivity index (χ3n) is 4.04. The van der Waals surface area contributed by atoms with Crippen LogP contribution >= 0.6 is 23.7 Å². The van der Waals surface area contributed by atoms with Crippen molar-refractivity contribution in [2.24, 2.45) is 0 Å². The molecule has 0 amide bonds. The molecule has 0 unspecified atom stereocenters. The number of nitrogens with one attached hydrogen (secondary N) is 1. The van der Waals surface area contributed by atoms with E-state index in [2.05, 4.69) is 15.0 Å². The van der Waals surface area contributed by atoms with Crippen LogP contribution in [-0.4, -0.2) is 43.6 Å². The van der Waals surface area contributed by atoms with Crippen LogP contribution in [0, 0.1) is 0 Å². The SMILES string of the molecule is Cl.FC(F)C(F)(F)Oc1ccccc1[C@@H](c1cccs1)N1CCNCC1. The van der Waals surface area contributed by atoms with Crippen molar-refractivity contribution in [2.45, 2.75) is 18.6 Å². The van der Waals surface area contributed by atoms with Crippen molar-refractivity contribution in [1.82, 2.24) is 10.2 Å². The third-order valence-corrected chi connectivity index (χ3v) is 4.97. The molecule has 0 spiro atoms. The van der Waals surface area contributed by atoms with Gasteiger partial charge in [0.1, 0.15) is 5.75 Å². The lowest BCUT2D eigenvalue weighted by atomic mass is 10.0. The number of alkyl halides is 4. The van der Waals surface area contributed by atoms with Gasteiger partial charge in [-0.15, -0.1) is 23.7 Å². The summed E-state index contributed by atoms with van der Waals surface area (Å²) in [5.41, 5.74) is 0.465. The zero-order valence-corrected chi connectivity index (χ0v) is 15.3. The summed E-state index contributed by atoms with van der Waals surface area (Å²) in [6, 6.07) is 9.66. The van der Waals surface area contributed by atoms with E-state index in [-0.39, 0.29) is 24.2 Å². The van der Waals surface area contributed by atoms with E-state index < -0.39 is 12.5 Å². The first-order valence-electron chi connectivity index (χ1n) is 7.91. The highest BCUT2D eigenvalue weighted by molar-refractivity contribution is 7.10. The van der Waals surface area contributed by atoms with Crippen LogP contribution in [0.25, 0.3) is 0 Å². The fraction of sp³-hybridized carbons (Fsp3) is 0.412. The summed E-state index contributed by atoms with van der Waals surface area (Å²) in [6.45, 7) is 3.00. The number of para-hydroxylation sites is 1. The molecule has 1 aromatic heterocycles. The summed E-state index contributed by atoms with van der Waals surface area (Å²) >= 11 is 1.50. The minimum absolute atomic E-state index is 0. The predicted molar refractivity (Wildman–Crippen MR) is 95.9 cm³/mol. The van der Waals surface area contributed by atoms with Gasteiger partial charge in [0, 0.05) is 36.6 Å². The van der Waals surface area contributed by atoms with E-state index in [1.165, 1.54) is 23.5 Å². The smallest absolute Gasteiger partial charge is 0.428 e. The molecule has 0 bridgehead atoms. The Balaban J connectivity index is 0.00000243. The molecule has 1 N–H and O–H groups in total. The second kappa shape index (κ2) is 9.03. The first-order valence-corrected chi connectivity index (χ1v) is 8.79. The van der Waals surface area contributed by atoms with Crippen LogP contribution in [-0.2, 0) is 0 Å². The van der Waals surface area contributed by atoms with Crippen molar-refractivity contribution < 1.29 is 22.3 Å². The van der Waals surface area contributed by atoms with Gasteiger partial charge in [-0.1, -0.05) is 24.3 Å². The lowest BCUT2D eigenvalue weighted by molar-refractivity contribution is -0.253. The molecule has 2 aromatic rings. The molecule has 144 valence electrons. The Labute approximate surface area is 159 Å². The van der Waals surface area contributed by atoms with Crippen molar-refractivity contribution in [3.8, 4) is 5.75 Å². The molecule has 1 aromatic carbocycles. The third kappa shape index (κ3) is 4.68. The first kappa shape index (κ1) is 21.0. The maximum absolute atomic E-state index is 13.5. The maximum atomic E-state index is 13.5. The molecule has 0 aliphatic carbocycles. The molecule has 1 atom stereocenters. The average Bonchev–Trinajstić information content (AvgIpc) is 3.11. The Morgan fingerprint density at radius 3 is 2.38 bits per heavy atom. The normalized spacial score (nSPS) is 17.0. The van der Waals surface area contributed by atoms with Crippen LogP contribution in [0.3, 0.4) is 0 Å². The Kier molecular flexibility index (Phi) is 7.28. The summed E-state index contributed by atoms with van der Waals surface area (Å²) in [7, 11) is 0. The van der Waals surface area contributed by atoms with Gasteiger partial charge in [0.25, 0.3) is 0 Å². The fourth-order valence-electron chi connectivity index (χ4n) is 2.91. The van der Waals surface area contributed by atoms with Crippen LogP contribution in [0.1, 0.15) is 16.5 Å². The molecular formula is C17H19ClF4N2OS. The number of piperazine rings is 1. The van der Waals surface area contributed by atoms with Gasteiger partial charge < -0.3 is 10.1 Å². The molecule has 2 heterocycles. The van der Waals surface area contributed by atoms with E-state index in [1.54, 1.807) is 12.1 Å². The van der Waals surface area contributed by atoms with Gasteiger partial charge >= 0.3 is 12.5 Å². The number of nitrogens with zero attached hydrogens (tertiary/aromatic N) is 1. The molecular weight excluding hydrogens is 392 g/mol. The standard InChI is InChI=1S/C17H18F4N2OS.ClH/c18-16(19)17(20,21)24-13-5-2-1-4-12(13)15(14-6-3-11-25-14)23-9-7-22-8-10-23;/h1-6,11,15-16,22H,7-10H2;1H/t15-;/m0./s1. The van der Waals surface area contributed by atoms with Gasteiger partial charge in [0.05, 0.1) is 6.04 Å². The van der Waals surface area contributed by atoms with E-state index in [0.29, 0.717) is 5.56 Å². The van der Waals surface area contributed by atoms with Gasteiger partial charge in [-0.3, -0.25) is 4.90 Å². The van der Waals surface area contributed by atoms with Crippen molar-refractivity contribution in [2.75, 3.05) is 26.2 Å². The van der Waals surface area contributed by atoms with Crippen molar-refractivity contribution >= 4 is 23.7 Å². The first-order chi connectivity index (χ1) is 12.0. The quantitative estimate of drug-likeness (QED) is 0.714. The molecule has 9 heteroatoms. The summed E-state index contributed by atoms with van der Waals surface area (Å²) in [5.74, 6) is -0.218. The minimum atomic E-state index is -4.53. The van der Waals surface area contributed by atoms with E-state index >= 15 is 0 Å². The van der Waals surface area contributed by atoms with Gasteiger partial charge in [-0.2, -0.15) is 17.6 Å². The van der Waals surface area contributed by atoms with Gasteiger partial charge in [0.15, 0.2) is 0 Å². The van der Waals surface area contributed by atoms with Crippen molar-refractivity contribution in [3.05, 3.63) is 52.2 Å². The van der Waals surface area contributed by atoms with Gasteiger partial charge in [-0.25, -0.2) is 0 Å². The number of hydrogen-bond donors (Lipinski definition) is 1. The number of benzene rings is 1. The Hall–Kier alpha value is -1.35. The van der Waals surface area contributed by atoms with Crippen LogP contribution in [0.5, 0.6) is 5.75 Å². The number of hydrogen-bond acceptors (Lipinski definition) is 4. The highest BCUT2D eigenvalue weighted by atomic mass is 35.5. The zero-order chi connectivity index (χ0) is 17.9. The number of halogens is 5. The summed E-state index contributed by atoms with van der Waals surface area (Å²) in [4.78, 5) is 3.10. The summed E-state index contributed by atoms with van der Waals surface area (Å²) in [5, 5.41) is 5.15. The van der Waals surface area contributed by atoms with E-state index in [0.717, 1.165) is 31.1 Å². The highest BCUT2D eigenvalue weighted by Gasteiger charge is 2.44. The molecule has 1 saturated heterocycles. The maximum Gasteiger partial charge on any atom is 0.461 e. The number of thiophene rings is 1. The van der Waals surface area contributed by atoms with Gasteiger partial charge in [0.2, 0.25) is 0 Å². The van der Waals surface area contributed by atoms with Crippen molar-refractivity contribution in [3.63, 3.8) is 0 Å². The monoisotopic (exact) mass is 410 g/mol. The molecule has 3 nitrogen and oxygen atoms in total. The van der Waals surface area contributed by atoms with Crippen LogP contribution < -0.4 is 10.1 Å². The predicted octanol–water partition coefficient (Wildman–Crippen LogP) is 4.40. The van der Waals surface area contributed by atoms with Crippen LogP contribution in [0.2, 0.25) is 0 Å². The summed E-state index contributed by atoms with van der Waals surface area (Å²) < 4.78 is 56.5. The zero-order valence-electron chi connectivity index (χ0n) is 13.7. The van der Waals surface area contributed by atoms with E-state index in [1.807, 2.05) is 17.5 Å². The number of ether oxygens (including phenoxy) is 1. The molecule has 0 radical (unpaired) electrons. The number of rotatable bonds is 6. The molecule has 1 aliphatic rings. The van der Waals surface area contributed by atoms with Crippen LogP contribution in [0.4, 0.5) is 17.6 Å². The van der Waals surface area contributed by atoms with Gasteiger partial charge in [-0.05, 0) is 17.5 Å². The second-order valence-electron chi connectivity index (χ2n) is 5.71. The Morgan fingerprint density at radius 2 is 1.77 bits per heavy atom. The topological polar surface area (TPSA) is 24.5 Å². The van der Waals surface area contributed by atoms with Crippen LogP contribution in [0.15, 0.2) is 41.8 Å². The summed E-state index contributed by atoms with van der Waals surface area (Å²) in [6.07, 6.45) is -8.42.